The summed E-state index contributed by atoms with van der Waals surface area (Å²) >= 11 is 0. The molecule has 182 valence electrons. The molecule has 0 radical (unpaired) electrons. The van der Waals surface area contributed by atoms with Crippen LogP contribution in [-0.4, -0.2) is 64.9 Å². The number of aryl methyl sites for hydroxylation is 1. The number of hydrogen-bond donors (Lipinski definition) is 2. The molecule has 11 nitrogen and oxygen atoms in total. The molecular formula is C25H26N10O. The lowest BCUT2D eigenvalue weighted by Crippen LogP contribution is -2.43. The van der Waals surface area contributed by atoms with E-state index in [-0.39, 0.29) is 12.2 Å². The van der Waals surface area contributed by atoms with Crippen LogP contribution in [0.25, 0.3) is 33.8 Å². The quantitative estimate of drug-likeness (QED) is 0.400. The van der Waals surface area contributed by atoms with Crippen LogP contribution in [-0.2, 0) is 4.74 Å². The molecule has 2 atom stereocenters. The van der Waals surface area contributed by atoms with Crippen LogP contribution in [0.3, 0.4) is 0 Å². The molecule has 0 amide bonds. The Balaban J connectivity index is 1.43. The number of rotatable bonds is 4. The Morgan fingerprint density at radius 3 is 2.64 bits per heavy atom. The van der Waals surface area contributed by atoms with Crippen LogP contribution < -0.4 is 10.6 Å². The van der Waals surface area contributed by atoms with Crippen molar-refractivity contribution in [3.63, 3.8) is 0 Å². The first-order valence-corrected chi connectivity index (χ1v) is 12.1. The highest BCUT2D eigenvalue weighted by molar-refractivity contribution is 5.80. The van der Waals surface area contributed by atoms with Gasteiger partial charge in [-0.3, -0.25) is 5.10 Å². The molecule has 5 aromatic heterocycles. The summed E-state index contributed by atoms with van der Waals surface area (Å²) < 4.78 is 9.89. The number of H-pyrrole nitrogens is 1. The second-order valence-corrected chi connectivity index (χ2v) is 9.52. The van der Waals surface area contributed by atoms with E-state index in [2.05, 4.69) is 33.1 Å². The van der Waals surface area contributed by atoms with Crippen LogP contribution >= 0.6 is 0 Å². The van der Waals surface area contributed by atoms with E-state index in [1.54, 1.807) is 18.5 Å². The van der Waals surface area contributed by atoms with Crippen LogP contribution in [0.2, 0.25) is 0 Å². The van der Waals surface area contributed by atoms with Crippen molar-refractivity contribution < 1.29 is 4.74 Å². The summed E-state index contributed by atoms with van der Waals surface area (Å²) in [5, 5.41) is 16.8. The number of aromatic amines is 1. The Bertz CT molecular complexity index is 1550. The van der Waals surface area contributed by atoms with Crippen LogP contribution in [0.15, 0.2) is 42.9 Å². The summed E-state index contributed by atoms with van der Waals surface area (Å²) in [6.45, 7) is 5.75. The van der Waals surface area contributed by atoms with Crippen molar-refractivity contribution in [2.75, 3.05) is 23.7 Å². The molecule has 0 aliphatic carbocycles. The molecule has 0 saturated carbocycles. The van der Waals surface area contributed by atoms with Crippen molar-refractivity contribution in [3.8, 4) is 28.2 Å². The number of ether oxygens (including phenoxy) is 1. The molecule has 2 bridgehead atoms. The number of hydrogen-bond acceptors (Lipinski definition) is 8. The minimum atomic E-state index is 0.256. The molecule has 2 aliphatic heterocycles. The lowest BCUT2D eigenvalue weighted by molar-refractivity contribution is 0.0302. The van der Waals surface area contributed by atoms with E-state index in [4.69, 9.17) is 25.7 Å². The fraction of sp³-hybridized carbons (Fsp3) is 0.320. The van der Waals surface area contributed by atoms with Gasteiger partial charge in [0, 0.05) is 30.9 Å². The normalized spacial score (nSPS) is 19.4. The number of nitrogens with two attached hydrogens (primary N) is 1. The summed E-state index contributed by atoms with van der Waals surface area (Å²) in [6, 6.07) is 7.77. The summed E-state index contributed by atoms with van der Waals surface area (Å²) in [6.07, 6.45) is 8.03. The van der Waals surface area contributed by atoms with Gasteiger partial charge in [-0.2, -0.15) is 15.3 Å². The molecule has 0 aromatic carbocycles. The number of anilines is 2. The molecule has 2 fully saturated rings. The van der Waals surface area contributed by atoms with Gasteiger partial charge in [-0.05, 0) is 44.9 Å². The van der Waals surface area contributed by atoms with Crippen molar-refractivity contribution in [1.29, 1.82) is 0 Å². The summed E-state index contributed by atoms with van der Waals surface area (Å²) in [5.41, 5.74) is 13.0. The Morgan fingerprint density at radius 1 is 1.08 bits per heavy atom. The van der Waals surface area contributed by atoms with Crippen LogP contribution in [0.4, 0.5) is 11.6 Å². The van der Waals surface area contributed by atoms with Crippen LogP contribution in [0, 0.1) is 13.8 Å². The number of nitrogens with one attached hydrogen (secondary N) is 1. The van der Waals surface area contributed by atoms with E-state index in [9.17, 15) is 0 Å². The fourth-order valence-electron chi connectivity index (χ4n) is 5.48. The number of aromatic nitrogens is 8. The molecule has 2 unspecified atom stereocenters. The number of morpholine rings is 1. The average Bonchev–Trinajstić information content (AvgIpc) is 3.66. The van der Waals surface area contributed by atoms with Crippen molar-refractivity contribution in [1.82, 2.24) is 39.6 Å². The molecule has 3 N–H and O–H groups in total. The molecule has 11 heteroatoms. The van der Waals surface area contributed by atoms with E-state index in [0.717, 1.165) is 77.0 Å². The van der Waals surface area contributed by atoms with Gasteiger partial charge in [-0.25, -0.2) is 19.2 Å². The van der Waals surface area contributed by atoms with Crippen molar-refractivity contribution >= 4 is 17.3 Å². The second-order valence-electron chi connectivity index (χ2n) is 9.52. The SMILES string of the molecule is Cc1nn(-c2ccc(N)nc2)c(C)c1-c1cc(N2CC3CCC(C2)O3)nc2c(-c3ccn[nH]3)cnn12. The highest BCUT2D eigenvalue weighted by atomic mass is 16.5. The topological polar surface area (TPSA) is 128 Å². The Labute approximate surface area is 206 Å². The molecule has 2 aliphatic rings. The standard InChI is InChI=1S/C25H26N10O/c1-14-24(15(2)34(32-14)16-3-6-22(26)27-10-16)21-9-23(33-12-17-4-5-18(13-33)36-17)30-25-19(11-29-35(21)25)20-7-8-28-31-20/h3,6-11,17-18H,4-5,12-13H2,1-2H3,(H2,26,27)(H,28,31). The maximum absolute atomic E-state index is 6.09. The predicted molar refractivity (Wildman–Crippen MR) is 135 cm³/mol. The number of fused-ring (bicyclic) bond motifs is 3. The molecule has 36 heavy (non-hydrogen) atoms. The van der Waals surface area contributed by atoms with Gasteiger partial charge in [0.15, 0.2) is 5.65 Å². The summed E-state index contributed by atoms with van der Waals surface area (Å²) in [7, 11) is 0. The lowest BCUT2D eigenvalue weighted by Gasteiger charge is -2.33. The average molecular weight is 483 g/mol. The van der Waals surface area contributed by atoms with Gasteiger partial charge < -0.3 is 15.4 Å². The van der Waals surface area contributed by atoms with Gasteiger partial charge in [0.05, 0.1) is 58.6 Å². The third kappa shape index (κ3) is 3.27. The maximum atomic E-state index is 6.09. The van der Waals surface area contributed by atoms with Gasteiger partial charge in [-0.1, -0.05) is 0 Å². The zero-order chi connectivity index (χ0) is 24.4. The van der Waals surface area contributed by atoms with Gasteiger partial charge in [0.25, 0.3) is 0 Å². The van der Waals surface area contributed by atoms with E-state index in [1.807, 2.05) is 34.5 Å². The fourth-order valence-corrected chi connectivity index (χ4v) is 5.48. The second kappa shape index (κ2) is 7.89. The molecule has 7 rings (SSSR count). The first-order chi connectivity index (χ1) is 17.5. The number of nitrogen functional groups attached to an aromatic ring is 1. The minimum Gasteiger partial charge on any atom is -0.384 e. The largest absolute Gasteiger partial charge is 0.384 e. The molecule has 0 spiro atoms. The van der Waals surface area contributed by atoms with E-state index >= 15 is 0 Å². The molecule has 7 heterocycles. The van der Waals surface area contributed by atoms with E-state index in [0.29, 0.717) is 5.82 Å². The van der Waals surface area contributed by atoms with Crippen molar-refractivity contribution in [2.45, 2.75) is 38.9 Å². The van der Waals surface area contributed by atoms with Crippen molar-refractivity contribution in [3.05, 3.63) is 54.2 Å². The monoisotopic (exact) mass is 482 g/mol. The number of nitrogens with zero attached hydrogens (tertiary/aromatic N) is 8. The summed E-state index contributed by atoms with van der Waals surface area (Å²) in [4.78, 5) is 11.7. The smallest absolute Gasteiger partial charge is 0.167 e. The first-order valence-electron chi connectivity index (χ1n) is 12.1. The van der Waals surface area contributed by atoms with Gasteiger partial charge in [0.2, 0.25) is 0 Å². The Hall–Kier alpha value is -4.25. The maximum Gasteiger partial charge on any atom is 0.167 e. The van der Waals surface area contributed by atoms with E-state index in [1.165, 1.54) is 0 Å². The minimum absolute atomic E-state index is 0.256. The molecule has 5 aromatic rings. The zero-order valence-electron chi connectivity index (χ0n) is 20.1. The van der Waals surface area contributed by atoms with Gasteiger partial charge >= 0.3 is 0 Å². The lowest BCUT2D eigenvalue weighted by atomic mass is 10.1. The highest BCUT2D eigenvalue weighted by Gasteiger charge is 2.35. The van der Waals surface area contributed by atoms with Crippen LogP contribution in [0.5, 0.6) is 0 Å². The molecule has 2 saturated heterocycles. The Morgan fingerprint density at radius 2 is 1.92 bits per heavy atom. The van der Waals surface area contributed by atoms with Gasteiger partial charge in [-0.15, -0.1) is 0 Å². The Kier molecular flexibility index (Phi) is 4.61. The van der Waals surface area contributed by atoms with E-state index < -0.39 is 0 Å². The third-order valence-electron chi connectivity index (χ3n) is 7.18. The summed E-state index contributed by atoms with van der Waals surface area (Å²) in [5.74, 6) is 1.39. The van der Waals surface area contributed by atoms with Gasteiger partial charge in [0.1, 0.15) is 11.6 Å². The van der Waals surface area contributed by atoms with Crippen molar-refractivity contribution in [2.24, 2.45) is 0 Å². The first kappa shape index (κ1) is 21.1. The highest BCUT2D eigenvalue weighted by Crippen LogP contribution is 2.35. The molecular weight excluding hydrogens is 456 g/mol. The third-order valence-corrected chi connectivity index (χ3v) is 7.18. The van der Waals surface area contributed by atoms with Crippen LogP contribution in [0.1, 0.15) is 24.2 Å². The predicted octanol–water partition coefficient (Wildman–Crippen LogP) is 2.93. The number of pyridine rings is 1. The zero-order valence-corrected chi connectivity index (χ0v) is 20.1.